The summed E-state index contributed by atoms with van der Waals surface area (Å²) >= 11 is 0. The van der Waals surface area contributed by atoms with Gasteiger partial charge in [-0.05, 0) is 30.7 Å². The van der Waals surface area contributed by atoms with Crippen molar-refractivity contribution in [3.63, 3.8) is 0 Å². The average Bonchev–Trinajstić information content (AvgIpc) is 3.09. The maximum absolute atomic E-state index is 12.2. The van der Waals surface area contributed by atoms with Crippen molar-refractivity contribution in [3.05, 3.63) is 59.7 Å². The minimum Gasteiger partial charge on any atom is -0.454 e. The van der Waals surface area contributed by atoms with Crippen LogP contribution in [0.3, 0.4) is 0 Å². The van der Waals surface area contributed by atoms with Crippen LogP contribution in [0.15, 0.2) is 48.5 Å². The molecule has 1 aliphatic heterocycles. The van der Waals surface area contributed by atoms with Gasteiger partial charge in [0.15, 0.2) is 11.5 Å². The molecule has 0 aliphatic carbocycles. The van der Waals surface area contributed by atoms with E-state index in [0.29, 0.717) is 17.1 Å². The van der Waals surface area contributed by atoms with Crippen molar-refractivity contribution in [1.29, 1.82) is 0 Å². The summed E-state index contributed by atoms with van der Waals surface area (Å²) in [5, 5.41) is 2.60. The number of carbonyl (C=O) groups is 1. The lowest BCUT2D eigenvalue weighted by Crippen LogP contribution is -2.35. The van der Waals surface area contributed by atoms with Gasteiger partial charge in [-0.1, -0.05) is 30.3 Å². The van der Waals surface area contributed by atoms with Crippen molar-refractivity contribution in [2.45, 2.75) is 13.0 Å². The van der Waals surface area contributed by atoms with E-state index in [1.54, 1.807) is 25.1 Å². The Balaban J connectivity index is 1.51. The van der Waals surface area contributed by atoms with Crippen molar-refractivity contribution in [2.24, 2.45) is 0 Å². The van der Waals surface area contributed by atoms with E-state index in [-0.39, 0.29) is 31.0 Å². The van der Waals surface area contributed by atoms with Crippen LogP contribution in [-0.4, -0.2) is 33.4 Å². The summed E-state index contributed by atoms with van der Waals surface area (Å²) in [7, 11) is -3.53. The Hall–Kier alpha value is -2.58. The van der Waals surface area contributed by atoms with Gasteiger partial charge in [-0.15, -0.1) is 0 Å². The summed E-state index contributed by atoms with van der Waals surface area (Å²) in [6.07, 6.45) is 0. The first kappa shape index (κ1) is 18.2. The molecule has 3 rings (SSSR count). The molecule has 0 unspecified atom stereocenters. The van der Waals surface area contributed by atoms with E-state index in [9.17, 15) is 13.2 Å². The van der Waals surface area contributed by atoms with E-state index in [2.05, 4.69) is 10.0 Å². The fraction of sp³-hybridized carbons (Fsp3) is 0.278. The van der Waals surface area contributed by atoms with Crippen LogP contribution in [0.5, 0.6) is 11.5 Å². The molecule has 2 aromatic carbocycles. The van der Waals surface area contributed by atoms with E-state index in [1.165, 1.54) is 0 Å². The lowest BCUT2D eigenvalue weighted by molar-refractivity contribution is 0.0955. The third kappa shape index (κ3) is 4.53. The minimum atomic E-state index is -3.53. The molecule has 138 valence electrons. The van der Waals surface area contributed by atoms with Crippen molar-refractivity contribution in [1.82, 2.24) is 10.0 Å². The normalized spacial score (nSPS) is 14.0. The third-order valence-electron chi connectivity index (χ3n) is 3.95. The third-order valence-corrected chi connectivity index (χ3v) is 5.40. The van der Waals surface area contributed by atoms with Crippen molar-refractivity contribution in [2.75, 3.05) is 19.1 Å². The summed E-state index contributed by atoms with van der Waals surface area (Å²) in [5.41, 5.74) is 1.26. The first-order valence-corrected chi connectivity index (χ1v) is 9.83. The molecule has 0 fully saturated rings. The van der Waals surface area contributed by atoms with Gasteiger partial charge in [-0.3, -0.25) is 4.79 Å². The molecule has 1 amide bonds. The molecule has 26 heavy (non-hydrogen) atoms. The predicted octanol–water partition coefficient (Wildman–Crippen LogP) is 1.83. The quantitative estimate of drug-likeness (QED) is 0.769. The van der Waals surface area contributed by atoms with E-state index >= 15 is 0 Å². The molecule has 2 N–H and O–H groups in total. The van der Waals surface area contributed by atoms with Gasteiger partial charge in [0.2, 0.25) is 16.8 Å². The Morgan fingerprint density at radius 3 is 2.62 bits per heavy atom. The summed E-state index contributed by atoms with van der Waals surface area (Å²) in [4.78, 5) is 12.2. The van der Waals surface area contributed by atoms with E-state index in [4.69, 9.17) is 9.47 Å². The SMILES string of the molecule is C[C@@H](NS(=O)(=O)CCNC(=O)c1ccc2c(c1)OCO2)c1ccccc1. The van der Waals surface area contributed by atoms with E-state index in [0.717, 1.165) is 5.56 Å². The Morgan fingerprint density at radius 1 is 1.12 bits per heavy atom. The lowest BCUT2D eigenvalue weighted by atomic mass is 10.1. The highest BCUT2D eigenvalue weighted by atomic mass is 32.2. The van der Waals surface area contributed by atoms with Gasteiger partial charge in [0.25, 0.3) is 5.91 Å². The minimum absolute atomic E-state index is 0.00409. The van der Waals surface area contributed by atoms with Gasteiger partial charge in [0.05, 0.1) is 5.75 Å². The molecular weight excluding hydrogens is 356 g/mol. The summed E-state index contributed by atoms with van der Waals surface area (Å²) in [6, 6.07) is 13.8. The zero-order chi connectivity index (χ0) is 18.6. The number of ether oxygens (including phenoxy) is 2. The highest BCUT2D eigenvalue weighted by Crippen LogP contribution is 2.32. The number of carbonyl (C=O) groups excluding carboxylic acids is 1. The van der Waals surface area contributed by atoms with Crippen LogP contribution in [0.2, 0.25) is 0 Å². The number of rotatable bonds is 7. The van der Waals surface area contributed by atoms with Crippen LogP contribution in [0, 0.1) is 0 Å². The second-order valence-corrected chi connectivity index (χ2v) is 7.77. The average molecular weight is 376 g/mol. The maximum atomic E-state index is 12.2. The van der Waals surface area contributed by atoms with Crippen LogP contribution >= 0.6 is 0 Å². The molecule has 0 saturated carbocycles. The Morgan fingerprint density at radius 2 is 1.85 bits per heavy atom. The first-order chi connectivity index (χ1) is 12.4. The van der Waals surface area contributed by atoms with Crippen LogP contribution in [0.25, 0.3) is 0 Å². The van der Waals surface area contributed by atoms with Crippen LogP contribution in [0.1, 0.15) is 28.9 Å². The van der Waals surface area contributed by atoms with Crippen molar-refractivity contribution in [3.8, 4) is 11.5 Å². The fourth-order valence-corrected chi connectivity index (χ4v) is 3.74. The van der Waals surface area contributed by atoms with Gasteiger partial charge in [0, 0.05) is 18.2 Å². The van der Waals surface area contributed by atoms with E-state index < -0.39 is 10.0 Å². The predicted molar refractivity (Wildman–Crippen MR) is 96.7 cm³/mol. The molecule has 2 aromatic rings. The number of hydrogen-bond acceptors (Lipinski definition) is 5. The first-order valence-electron chi connectivity index (χ1n) is 8.17. The van der Waals surface area contributed by atoms with Gasteiger partial charge in [-0.2, -0.15) is 0 Å². The molecule has 0 spiro atoms. The summed E-state index contributed by atoms with van der Waals surface area (Å²) in [5.74, 6) is 0.516. The van der Waals surface area contributed by atoms with E-state index in [1.807, 2.05) is 30.3 Å². The molecule has 1 heterocycles. The van der Waals surface area contributed by atoms with Crippen molar-refractivity contribution >= 4 is 15.9 Å². The van der Waals surface area contributed by atoms with Crippen LogP contribution in [0.4, 0.5) is 0 Å². The molecule has 0 bridgehead atoms. The zero-order valence-corrected chi connectivity index (χ0v) is 15.1. The monoisotopic (exact) mass is 376 g/mol. The topological polar surface area (TPSA) is 93.7 Å². The lowest BCUT2D eigenvalue weighted by Gasteiger charge is -2.14. The maximum Gasteiger partial charge on any atom is 0.251 e. The second kappa shape index (κ2) is 7.76. The second-order valence-electron chi connectivity index (χ2n) is 5.89. The summed E-state index contributed by atoms with van der Waals surface area (Å²) < 4.78 is 37.4. The molecule has 1 aliphatic rings. The number of sulfonamides is 1. The standard InChI is InChI=1S/C18H20N2O5S/c1-13(14-5-3-2-4-6-14)20-26(22,23)10-9-19-18(21)15-7-8-16-17(11-15)25-12-24-16/h2-8,11,13,20H,9-10,12H2,1H3,(H,19,21)/t13-/m1/s1. The number of fused-ring (bicyclic) bond motifs is 1. The molecule has 1 atom stereocenters. The van der Waals surface area contributed by atoms with Gasteiger partial charge in [0.1, 0.15) is 0 Å². The summed E-state index contributed by atoms with van der Waals surface area (Å²) in [6.45, 7) is 1.91. The molecule has 0 saturated heterocycles. The van der Waals surface area contributed by atoms with Gasteiger partial charge >= 0.3 is 0 Å². The molecule has 0 radical (unpaired) electrons. The van der Waals surface area contributed by atoms with Gasteiger partial charge in [-0.25, -0.2) is 13.1 Å². The number of amides is 1. The fourth-order valence-electron chi connectivity index (χ4n) is 2.58. The molecule has 0 aromatic heterocycles. The zero-order valence-electron chi connectivity index (χ0n) is 14.3. The highest BCUT2D eigenvalue weighted by Gasteiger charge is 2.18. The highest BCUT2D eigenvalue weighted by molar-refractivity contribution is 7.89. The molecular formula is C18H20N2O5S. The van der Waals surface area contributed by atoms with Crippen LogP contribution in [-0.2, 0) is 10.0 Å². The number of hydrogen-bond donors (Lipinski definition) is 2. The molecule has 8 heteroatoms. The smallest absolute Gasteiger partial charge is 0.251 e. The molecule has 7 nitrogen and oxygen atoms in total. The Bertz CT molecular complexity index is 884. The van der Waals surface area contributed by atoms with Crippen molar-refractivity contribution < 1.29 is 22.7 Å². The Kier molecular flexibility index (Phi) is 5.43. The Labute approximate surface area is 152 Å². The number of benzene rings is 2. The largest absolute Gasteiger partial charge is 0.454 e. The number of nitrogens with one attached hydrogen (secondary N) is 2. The van der Waals surface area contributed by atoms with Crippen LogP contribution < -0.4 is 19.5 Å². The van der Waals surface area contributed by atoms with Gasteiger partial charge < -0.3 is 14.8 Å².